The first-order valence-electron chi connectivity index (χ1n) is 6.28. The van der Waals surface area contributed by atoms with Crippen LogP contribution in [-0.4, -0.2) is 30.8 Å². The zero-order chi connectivity index (χ0) is 13.9. The number of rotatable bonds is 0. The molecule has 0 atom stereocenters. The van der Waals surface area contributed by atoms with Gasteiger partial charge in [0.1, 0.15) is 11.0 Å². The highest BCUT2D eigenvalue weighted by Gasteiger charge is 1.97. The van der Waals surface area contributed by atoms with E-state index in [1.807, 2.05) is 50.2 Å². The van der Waals surface area contributed by atoms with Gasteiger partial charge in [-0.05, 0) is 37.1 Å². The molecule has 0 fully saturated rings. The molecular formula is C14H14N6. The standard InChI is InChI=1S/2C7H7N3/c2*1-5-3-2-4-6-7(5)9-10-8-6/h2*2-4H,1H3,(H,8,9,10). The van der Waals surface area contributed by atoms with Gasteiger partial charge in [0.05, 0.1) is 11.0 Å². The summed E-state index contributed by atoms with van der Waals surface area (Å²) in [6, 6.07) is 11.9. The van der Waals surface area contributed by atoms with E-state index in [1.54, 1.807) is 0 Å². The van der Waals surface area contributed by atoms with Gasteiger partial charge in [0.25, 0.3) is 0 Å². The first-order chi connectivity index (χ1) is 9.75. The Bertz CT molecular complexity index is 773. The highest BCUT2D eigenvalue weighted by Crippen LogP contribution is 2.11. The summed E-state index contributed by atoms with van der Waals surface area (Å²) in [5.41, 5.74) is 6.24. The van der Waals surface area contributed by atoms with E-state index in [1.165, 1.54) is 0 Å². The van der Waals surface area contributed by atoms with Crippen molar-refractivity contribution < 1.29 is 0 Å². The third-order valence-electron chi connectivity index (χ3n) is 3.12. The fourth-order valence-corrected chi connectivity index (χ4v) is 2.02. The molecule has 0 aliphatic carbocycles. The van der Waals surface area contributed by atoms with Gasteiger partial charge in [0.2, 0.25) is 0 Å². The monoisotopic (exact) mass is 266 g/mol. The predicted molar refractivity (Wildman–Crippen MR) is 77.3 cm³/mol. The summed E-state index contributed by atoms with van der Waals surface area (Å²) >= 11 is 0. The van der Waals surface area contributed by atoms with Crippen LogP contribution in [0, 0.1) is 13.8 Å². The Hall–Kier alpha value is -2.76. The quantitative estimate of drug-likeness (QED) is 0.512. The van der Waals surface area contributed by atoms with E-state index in [0.29, 0.717) is 0 Å². The Morgan fingerprint density at radius 3 is 1.55 bits per heavy atom. The molecule has 100 valence electrons. The van der Waals surface area contributed by atoms with E-state index in [4.69, 9.17) is 0 Å². The number of hydrogen-bond donors (Lipinski definition) is 2. The number of aromatic nitrogens is 6. The van der Waals surface area contributed by atoms with Crippen LogP contribution < -0.4 is 0 Å². The number of benzene rings is 2. The van der Waals surface area contributed by atoms with Crippen LogP contribution in [0.25, 0.3) is 22.1 Å². The van der Waals surface area contributed by atoms with E-state index in [2.05, 4.69) is 30.8 Å². The Morgan fingerprint density at radius 2 is 1.15 bits per heavy atom. The summed E-state index contributed by atoms with van der Waals surface area (Å²) in [5, 5.41) is 20.8. The maximum atomic E-state index is 3.91. The first-order valence-corrected chi connectivity index (χ1v) is 6.28. The summed E-state index contributed by atoms with van der Waals surface area (Å²) in [6.07, 6.45) is 0. The van der Waals surface area contributed by atoms with Crippen molar-refractivity contribution in [2.45, 2.75) is 13.8 Å². The molecule has 20 heavy (non-hydrogen) atoms. The smallest absolute Gasteiger partial charge is 0.115 e. The second-order valence-electron chi connectivity index (χ2n) is 4.57. The molecule has 4 rings (SSSR count). The van der Waals surface area contributed by atoms with Crippen LogP contribution in [0.4, 0.5) is 0 Å². The summed E-state index contributed by atoms with van der Waals surface area (Å²) in [7, 11) is 0. The molecule has 0 spiro atoms. The molecule has 0 aliphatic heterocycles. The number of aromatic amines is 2. The van der Waals surface area contributed by atoms with Crippen LogP contribution in [0.2, 0.25) is 0 Å². The summed E-state index contributed by atoms with van der Waals surface area (Å²) in [4.78, 5) is 0. The Kier molecular flexibility index (Phi) is 3.12. The lowest BCUT2D eigenvalue weighted by atomic mass is 10.2. The van der Waals surface area contributed by atoms with Crippen molar-refractivity contribution in [2.24, 2.45) is 0 Å². The van der Waals surface area contributed by atoms with Crippen LogP contribution in [0.15, 0.2) is 36.4 Å². The van der Waals surface area contributed by atoms with Gasteiger partial charge in [-0.15, -0.1) is 10.2 Å². The zero-order valence-corrected chi connectivity index (χ0v) is 11.3. The van der Waals surface area contributed by atoms with Crippen LogP contribution in [0.5, 0.6) is 0 Å². The molecule has 2 aromatic heterocycles. The number of nitrogens with zero attached hydrogens (tertiary/aromatic N) is 4. The molecule has 2 N–H and O–H groups in total. The largest absolute Gasteiger partial charge is 0.258 e. The van der Waals surface area contributed by atoms with Crippen LogP contribution >= 0.6 is 0 Å². The second kappa shape index (κ2) is 5.08. The Balaban J connectivity index is 0.000000121. The lowest BCUT2D eigenvalue weighted by molar-refractivity contribution is 0.958. The number of hydrogen-bond acceptors (Lipinski definition) is 4. The van der Waals surface area contributed by atoms with Gasteiger partial charge in [0, 0.05) is 0 Å². The molecular weight excluding hydrogens is 252 g/mol. The summed E-state index contributed by atoms with van der Waals surface area (Å²) in [6.45, 7) is 4.04. The van der Waals surface area contributed by atoms with E-state index in [0.717, 1.165) is 33.2 Å². The number of fused-ring (bicyclic) bond motifs is 2. The zero-order valence-electron chi connectivity index (χ0n) is 11.3. The number of aryl methyl sites for hydroxylation is 2. The van der Waals surface area contributed by atoms with Crippen molar-refractivity contribution in [2.75, 3.05) is 0 Å². The second-order valence-corrected chi connectivity index (χ2v) is 4.57. The molecule has 0 aliphatic rings. The van der Waals surface area contributed by atoms with Crippen molar-refractivity contribution in [3.63, 3.8) is 0 Å². The van der Waals surface area contributed by atoms with Crippen molar-refractivity contribution in [3.05, 3.63) is 47.5 Å². The lowest BCUT2D eigenvalue weighted by Crippen LogP contribution is -1.73. The van der Waals surface area contributed by atoms with Crippen LogP contribution in [0.3, 0.4) is 0 Å². The van der Waals surface area contributed by atoms with Gasteiger partial charge in [0.15, 0.2) is 0 Å². The predicted octanol–water partition coefficient (Wildman–Crippen LogP) is 2.53. The molecule has 4 aromatic rings. The minimum absolute atomic E-state index is 0.961. The Morgan fingerprint density at radius 1 is 0.700 bits per heavy atom. The maximum absolute atomic E-state index is 3.91. The fourth-order valence-electron chi connectivity index (χ4n) is 2.02. The minimum atomic E-state index is 0.961. The van der Waals surface area contributed by atoms with Crippen molar-refractivity contribution in [3.8, 4) is 0 Å². The first kappa shape index (κ1) is 12.3. The van der Waals surface area contributed by atoms with Gasteiger partial charge in [-0.2, -0.15) is 0 Å². The number of nitrogens with one attached hydrogen (secondary N) is 2. The molecule has 0 saturated carbocycles. The van der Waals surface area contributed by atoms with E-state index in [-0.39, 0.29) is 0 Å². The van der Waals surface area contributed by atoms with E-state index in [9.17, 15) is 0 Å². The van der Waals surface area contributed by atoms with E-state index < -0.39 is 0 Å². The molecule has 0 saturated heterocycles. The topological polar surface area (TPSA) is 83.1 Å². The average molecular weight is 266 g/mol. The molecule has 6 heteroatoms. The maximum Gasteiger partial charge on any atom is 0.115 e. The molecule has 0 radical (unpaired) electrons. The highest BCUT2D eigenvalue weighted by atomic mass is 15.3. The third kappa shape index (κ3) is 2.23. The Labute approximate surface area is 115 Å². The molecule has 2 aromatic carbocycles. The normalized spacial score (nSPS) is 10.5. The molecule has 0 unspecified atom stereocenters. The SMILES string of the molecule is Cc1cccc2[nH]nnc12.Cc1cccc2[nH]nnc12. The average Bonchev–Trinajstić information content (AvgIpc) is 3.08. The van der Waals surface area contributed by atoms with Gasteiger partial charge >= 0.3 is 0 Å². The van der Waals surface area contributed by atoms with Gasteiger partial charge < -0.3 is 0 Å². The van der Waals surface area contributed by atoms with Crippen LogP contribution in [0.1, 0.15) is 11.1 Å². The van der Waals surface area contributed by atoms with Crippen molar-refractivity contribution in [1.82, 2.24) is 30.8 Å². The van der Waals surface area contributed by atoms with Crippen molar-refractivity contribution in [1.29, 1.82) is 0 Å². The summed E-state index contributed by atoms with van der Waals surface area (Å²) in [5.74, 6) is 0. The molecule has 6 nitrogen and oxygen atoms in total. The molecule has 0 bridgehead atoms. The fraction of sp³-hybridized carbons (Fsp3) is 0.143. The van der Waals surface area contributed by atoms with Gasteiger partial charge in [-0.25, -0.2) is 0 Å². The van der Waals surface area contributed by atoms with Crippen molar-refractivity contribution >= 4 is 22.1 Å². The van der Waals surface area contributed by atoms with Gasteiger partial charge in [-0.3, -0.25) is 10.2 Å². The molecule has 2 heterocycles. The summed E-state index contributed by atoms with van der Waals surface area (Å²) < 4.78 is 0. The third-order valence-corrected chi connectivity index (χ3v) is 3.12. The minimum Gasteiger partial charge on any atom is -0.258 e. The van der Waals surface area contributed by atoms with E-state index >= 15 is 0 Å². The molecule has 0 amide bonds. The van der Waals surface area contributed by atoms with Gasteiger partial charge in [-0.1, -0.05) is 34.7 Å². The van der Waals surface area contributed by atoms with Crippen LogP contribution in [-0.2, 0) is 0 Å². The highest BCUT2D eigenvalue weighted by molar-refractivity contribution is 5.77. The number of H-pyrrole nitrogens is 2. The lowest BCUT2D eigenvalue weighted by Gasteiger charge is -1.88.